The maximum absolute atomic E-state index is 13.4. The summed E-state index contributed by atoms with van der Waals surface area (Å²) < 4.78 is 40.0. The fourth-order valence-electron chi connectivity index (χ4n) is 5.96. The van der Waals surface area contributed by atoms with Crippen molar-refractivity contribution in [3.8, 4) is 0 Å². The summed E-state index contributed by atoms with van der Waals surface area (Å²) in [6.45, 7) is 2.20. The Morgan fingerprint density at radius 1 is 0.974 bits per heavy atom. The van der Waals surface area contributed by atoms with E-state index in [-0.39, 0.29) is 17.4 Å². The number of carbonyl (C=O) groups is 2. The van der Waals surface area contributed by atoms with E-state index in [9.17, 15) is 27.9 Å². The Hall–Kier alpha value is -3.59. The average Bonchev–Trinajstić information content (AvgIpc) is 3.35. The first-order valence-corrected chi connectivity index (χ1v) is 13.0. The first-order chi connectivity index (χ1) is 18.3. The Labute approximate surface area is 218 Å². The highest BCUT2D eigenvalue weighted by Gasteiger charge is 2.38. The van der Waals surface area contributed by atoms with Gasteiger partial charge in [0.05, 0.1) is 0 Å². The molecule has 1 amide bonds. The van der Waals surface area contributed by atoms with E-state index < -0.39 is 29.5 Å². The molecule has 38 heavy (non-hydrogen) atoms. The van der Waals surface area contributed by atoms with E-state index in [0.29, 0.717) is 44.9 Å². The third-order valence-corrected chi connectivity index (χ3v) is 7.96. The Kier molecular flexibility index (Phi) is 7.56. The van der Waals surface area contributed by atoms with E-state index in [4.69, 9.17) is 0 Å². The molecule has 2 aliphatic rings. The smallest absolute Gasteiger partial charge is 0.321 e. The molecule has 0 unspecified atom stereocenters. The third kappa shape index (κ3) is 5.34. The lowest BCUT2D eigenvalue weighted by Gasteiger charge is -2.41. The van der Waals surface area contributed by atoms with Crippen molar-refractivity contribution >= 4 is 28.9 Å². The molecule has 2 saturated heterocycles. The quantitative estimate of drug-likeness (QED) is 0.344. The third-order valence-electron chi connectivity index (χ3n) is 7.96. The number of halogens is 3. The number of hydrogen-bond donors (Lipinski definition) is 2. The van der Waals surface area contributed by atoms with Crippen molar-refractivity contribution < 1.29 is 27.9 Å². The van der Waals surface area contributed by atoms with Crippen LogP contribution in [-0.4, -0.2) is 64.0 Å². The van der Waals surface area contributed by atoms with Crippen LogP contribution in [0.2, 0.25) is 0 Å². The summed E-state index contributed by atoms with van der Waals surface area (Å²) >= 11 is 0. The van der Waals surface area contributed by atoms with Crippen LogP contribution in [0.1, 0.15) is 42.7 Å². The van der Waals surface area contributed by atoms with Gasteiger partial charge in [0.15, 0.2) is 17.5 Å². The second-order valence-corrected chi connectivity index (χ2v) is 10.2. The summed E-state index contributed by atoms with van der Waals surface area (Å²) in [5.74, 6) is -5.05. The van der Waals surface area contributed by atoms with Gasteiger partial charge in [-0.1, -0.05) is 18.2 Å². The first kappa shape index (κ1) is 26.0. The molecule has 0 saturated carbocycles. The first-order valence-electron chi connectivity index (χ1n) is 13.0. The minimum Gasteiger partial charge on any atom is -0.480 e. The van der Waals surface area contributed by atoms with Gasteiger partial charge in [-0.2, -0.15) is 0 Å². The predicted molar refractivity (Wildman–Crippen MR) is 138 cm³/mol. The van der Waals surface area contributed by atoms with Gasteiger partial charge in [-0.3, -0.25) is 14.5 Å². The minimum absolute atomic E-state index is 0.0478. The predicted octanol–water partition coefficient (Wildman–Crippen LogP) is 5.17. The lowest BCUT2D eigenvalue weighted by Crippen LogP contribution is -2.52. The van der Waals surface area contributed by atoms with E-state index in [1.54, 1.807) is 4.90 Å². The number of nitrogens with one attached hydrogen (secondary N) is 1. The molecular weight excluding hydrogens is 495 g/mol. The number of fused-ring (bicyclic) bond motifs is 1. The van der Waals surface area contributed by atoms with Gasteiger partial charge >= 0.3 is 5.97 Å². The summed E-state index contributed by atoms with van der Waals surface area (Å²) in [7, 11) is 0. The second-order valence-electron chi connectivity index (χ2n) is 10.2. The number of amides is 1. The van der Waals surface area contributed by atoms with E-state index in [0.717, 1.165) is 30.5 Å². The molecule has 2 aliphatic heterocycles. The number of carboxylic acid groups (broad SMARTS) is 1. The second kappa shape index (κ2) is 11.0. The van der Waals surface area contributed by atoms with Crippen LogP contribution >= 0.6 is 0 Å². The zero-order valence-electron chi connectivity index (χ0n) is 20.9. The summed E-state index contributed by atoms with van der Waals surface area (Å²) in [6.07, 6.45) is 7.41. The molecule has 6 nitrogen and oxygen atoms in total. The Balaban J connectivity index is 1.17. The Bertz CT molecular complexity index is 1330. The van der Waals surface area contributed by atoms with Gasteiger partial charge in [0, 0.05) is 36.3 Å². The fraction of sp³-hybridized carbons (Fsp3) is 0.379. The minimum atomic E-state index is -1.55. The molecule has 0 aliphatic carbocycles. The maximum Gasteiger partial charge on any atom is 0.321 e. The van der Waals surface area contributed by atoms with Crippen molar-refractivity contribution in [2.24, 2.45) is 5.92 Å². The van der Waals surface area contributed by atoms with E-state index in [1.165, 1.54) is 23.1 Å². The zero-order chi connectivity index (χ0) is 26.8. The summed E-state index contributed by atoms with van der Waals surface area (Å²) in [4.78, 5) is 31.9. The van der Waals surface area contributed by atoms with Crippen molar-refractivity contribution in [1.29, 1.82) is 0 Å². The van der Waals surface area contributed by atoms with Crippen LogP contribution in [0.3, 0.4) is 0 Å². The molecule has 2 N–H and O–H groups in total. The summed E-state index contributed by atoms with van der Waals surface area (Å²) in [5, 5.41) is 11.3. The van der Waals surface area contributed by atoms with Crippen molar-refractivity contribution in [2.45, 2.75) is 37.6 Å². The number of aromatic nitrogens is 1. The molecule has 9 heteroatoms. The molecule has 2 aromatic carbocycles. The largest absolute Gasteiger partial charge is 0.480 e. The van der Waals surface area contributed by atoms with Gasteiger partial charge in [0.1, 0.15) is 6.04 Å². The number of H-pyrrole nitrogens is 1. The molecule has 0 spiro atoms. The number of aliphatic carboxylic acids is 1. The number of piperidine rings is 2. The molecule has 1 atom stereocenters. The molecule has 200 valence electrons. The molecule has 3 aromatic rings. The highest BCUT2D eigenvalue weighted by atomic mass is 19.2. The standard InChI is InChI=1S/C29H30F3N3O3/c30-23-15-18(16-24(31)27(23)32)5-6-26(36)34-11-9-20(10-12-34)28(29(37)38)35-13-7-19(8-14-35)22-17-33-25-4-2-1-3-21(22)25/h1-6,15-17,19-20,28,33H,7-14H2,(H,37,38)/b6-5+/t28-/m1/s1. The van der Waals surface area contributed by atoms with Crippen LogP contribution in [-0.2, 0) is 9.59 Å². The van der Waals surface area contributed by atoms with E-state index >= 15 is 0 Å². The van der Waals surface area contributed by atoms with Gasteiger partial charge < -0.3 is 15.0 Å². The highest BCUT2D eigenvalue weighted by Crippen LogP contribution is 2.35. The maximum atomic E-state index is 13.4. The molecular formula is C29H30F3N3O3. The van der Waals surface area contributed by atoms with Crippen molar-refractivity contribution in [3.05, 3.63) is 77.2 Å². The highest BCUT2D eigenvalue weighted by molar-refractivity contribution is 5.91. The lowest BCUT2D eigenvalue weighted by atomic mass is 9.84. The zero-order valence-corrected chi connectivity index (χ0v) is 20.9. The van der Waals surface area contributed by atoms with Gasteiger partial charge in [0.2, 0.25) is 5.91 Å². The van der Waals surface area contributed by atoms with Crippen molar-refractivity contribution in [2.75, 3.05) is 26.2 Å². The Morgan fingerprint density at radius 2 is 1.63 bits per heavy atom. The SMILES string of the molecule is O=C(O)[C@@H](C1CCN(C(=O)/C=C/c2cc(F)c(F)c(F)c2)CC1)N1CCC(c2c[nH]c3ccccc23)CC1. The average molecular weight is 526 g/mol. The molecule has 0 bridgehead atoms. The number of likely N-dealkylation sites (tertiary alicyclic amines) is 2. The van der Waals surface area contributed by atoms with Gasteiger partial charge in [-0.15, -0.1) is 0 Å². The molecule has 1 aromatic heterocycles. The number of carbonyl (C=O) groups excluding carboxylic acids is 1. The van der Waals surface area contributed by atoms with Crippen LogP contribution in [0.5, 0.6) is 0 Å². The van der Waals surface area contributed by atoms with Crippen LogP contribution < -0.4 is 0 Å². The number of hydrogen-bond acceptors (Lipinski definition) is 3. The monoisotopic (exact) mass is 525 g/mol. The number of benzene rings is 2. The number of carboxylic acids is 1. The van der Waals surface area contributed by atoms with Crippen molar-refractivity contribution in [1.82, 2.24) is 14.8 Å². The Morgan fingerprint density at radius 3 is 2.29 bits per heavy atom. The molecule has 0 radical (unpaired) electrons. The van der Waals surface area contributed by atoms with Crippen LogP contribution in [0.15, 0.2) is 48.7 Å². The van der Waals surface area contributed by atoms with E-state index in [2.05, 4.69) is 28.2 Å². The van der Waals surface area contributed by atoms with Gasteiger partial charge in [0.25, 0.3) is 0 Å². The molecule has 2 fully saturated rings. The van der Waals surface area contributed by atoms with Crippen LogP contribution in [0.25, 0.3) is 17.0 Å². The lowest BCUT2D eigenvalue weighted by molar-refractivity contribution is -0.147. The number of para-hydroxylation sites is 1. The molecule has 5 rings (SSSR count). The van der Waals surface area contributed by atoms with Crippen molar-refractivity contribution in [3.63, 3.8) is 0 Å². The van der Waals surface area contributed by atoms with E-state index in [1.807, 2.05) is 12.1 Å². The number of aromatic amines is 1. The van der Waals surface area contributed by atoms with Crippen LogP contribution in [0.4, 0.5) is 13.2 Å². The molecule has 3 heterocycles. The fourth-order valence-corrected chi connectivity index (χ4v) is 5.96. The summed E-state index contributed by atoms with van der Waals surface area (Å²) in [5.41, 5.74) is 2.45. The normalized spacial score (nSPS) is 18.9. The number of rotatable bonds is 6. The summed E-state index contributed by atoms with van der Waals surface area (Å²) in [6, 6.07) is 9.27. The topological polar surface area (TPSA) is 76.6 Å². The van der Waals surface area contributed by atoms with Gasteiger partial charge in [-0.25, -0.2) is 13.2 Å². The van der Waals surface area contributed by atoms with Gasteiger partial charge in [-0.05, 0) is 86.0 Å². The van der Waals surface area contributed by atoms with Crippen LogP contribution in [0, 0.1) is 23.4 Å². The number of nitrogens with zero attached hydrogens (tertiary/aromatic N) is 2.